The lowest BCUT2D eigenvalue weighted by molar-refractivity contribution is 0.243. The van der Waals surface area contributed by atoms with Crippen LogP contribution < -0.4 is 4.90 Å². The van der Waals surface area contributed by atoms with E-state index in [1.54, 1.807) is 0 Å². The standard InChI is InChI=1S/C42H36N4/c1-43-27-40(30-13-4-3-5-14-30)44(2)41(28-43)46-38-19-11-9-17-34(38)35-24-25-39-36(42(35)46)23-21-31-15-8-10-18-37(31)45(39)33-22-20-29-12-6-7-16-32(29)26-33/h3-26,28-29,32,40H,27H2,1-2H3. The predicted molar refractivity (Wildman–Crippen MR) is 193 cm³/mol. The molecule has 2 aliphatic heterocycles. The van der Waals surface area contributed by atoms with Gasteiger partial charge in [0.05, 0.1) is 28.5 Å². The van der Waals surface area contributed by atoms with Gasteiger partial charge in [-0.2, -0.15) is 0 Å². The number of aromatic nitrogens is 1. The van der Waals surface area contributed by atoms with Crippen LogP contribution >= 0.6 is 0 Å². The molecule has 0 spiro atoms. The molecule has 4 heteroatoms. The van der Waals surface area contributed by atoms with Crippen molar-refractivity contribution in [2.24, 2.45) is 11.8 Å². The third-order valence-corrected chi connectivity index (χ3v) is 10.1. The summed E-state index contributed by atoms with van der Waals surface area (Å²) >= 11 is 0. The number of benzene rings is 4. The lowest BCUT2D eigenvalue weighted by atomic mass is 9.84. The fourth-order valence-corrected chi connectivity index (χ4v) is 7.81. The summed E-state index contributed by atoms with van der Waals surface area (Å²) < 4.78 is 2.50. The molecule has 3 heterocycles. The topological polar surface area (TPSA) is 14.7 Å². The van der Waals surface area contributed by atoms with E-state index in [1.165, 1.54) is 61.4 Å². The van der Waals surface area contributed by atoms with E-state index in [-0.39, 0.29) is 6.04 Å². The minimum Gasteiger partial charge on any atom is -0.375 e. The van der Waals surface area contributed by atoms with Crippen LogP contribution in [0.4, 0.5) is 11.4 Å². The first-order chi connectivity index (χ1) is 22.7. The first-order valence-corrected chi connectivity index (χ1v) is 16.2. The largest absolute Gasteiger partial charge is 0.375 e. The Hall–Kier alpha value is -5.48. The highest BCUT2D eigenvalue weighted by molar-refractivity contribution is 6.15. The highest BCUT2D eigenvalue weighted by Crippen LogP contribution is 2.47. The van der Waals surface area contributed by atoms with Crippen LogP contribution in [0.15, 0.2) is 145 Å². The summed E-state index contributed by atoms with van der Waals surface area (Å²) in [5.74, 6) is 1.92. The van der Waals surface area contributed by atoms with E-state index in [0.717, 1.165) is 6.54 Å². The summed E-state index contributed by atoms with van der Waals surface area (Å²) in [6.07, 6.45) is 23.0. The van der Waals surface area contributed by atoms with Crippen molar-refractivity contribution >= 4 is 51.2 Å². The van der Waals surface area contributed by atoms with Gasteiger partial charge in [-0.1, -0.05) is 121 Å². The quantitative estimate of drug-likeness (QED) is 0.206. The van der Waals surface area contributed by atoms with Gasteiger partial charge in [-0.05, 0) is 35.4 Å². The Balaban J connectivity index is 1.31. The van der Waals surface area contributed by atoms with Crippen molar-refractivity contribution in [3.8, 4) is 0 Å². The lowest BCUT2D eigenvalue weighted by Crippen LogP contribution is -2.38. The highest BCUT2D eigenvalue weighted by atomic mass is 15.3. The molecule has 4 nitrogen and oxygen atoms in total. The van der Waals surface area contributed by atoms with Gasteiger partial charge >= 0.3 is 0 Å². The number of likely N-dealkylation sites (N-methyl/N-ethyl adjacent to an activating group) is 2. The minimum atomic E-state index is 0.226. The van der Waals surface area contributed by atoms with Crippen molar-refractivity contribution in [2.45, 2.75) is 6.04 Å². The zero-order chi connectivity index (χ0) is 30.8. The van der Waals surface area contributed by atoms with Gasteiger partial charge in [0.1, 0.15) is 5.82 Å². The van der Waals surface area contributed by atoms with Crippen LogP contribution in [0.2, 0.25) is 0 Å². The van der Waals surface area contributed by atoms with E-state index < -0.39 is 0 Å². The first-order valence-electron chi connectivity index (χ1n) is 16.2. The maximum absolute atomic E-state index is 2.50. The van der Waals surface area contributed by atoms with Crippen molar-refractivity contribution in [3.05, 3.63) is 162 Å². The van der Waals surface area contributed by atoms with Crippen LogP contribution in [-0.4, -0.2) is 35.0 Å². The Morgan fingerprint density at radius 3 is 2.33 bits per heavy atom. The molecule has 1 aromatic heterocycles. The molecule has 0 saturated heterocycles. The smallest absolute Gasteiger partial charge is 0.130 e. The average molecular weight is 597 g/mol. The van der Waals surface area contributed by atoms with E-state index in [4.69, 9.17) is 0 Å². The molecular weight excluding hydrogens is 560 g/mol. The minimum absolute atomic E-state index is 0.226. The van der Waals surface area contributed by atoms with E-state index >= 15 is 0 Å². The Morgan fingerprint density at radius 1 is 0.652 bits per heavy atom. The SMILES string of the molecule is CN1C=C(n2c3ccccc3c3ccc4c(c32)C=Cc2ccccc2N4C2=CC3C=CC=CC3C=C2)N(C)C(c2ccccc2)C1. The molecule has 4 aromatic carbocycles. The molecule has 0 bridgehead atoms. The van der Waals surface area contributed by atoms with Crippen molar-refractivity contribution in [1.29, 1.82) is 0 Å². The van der Waals surface area contributed by atoms with Gasteiger partial charge in [-0.3, -0.25) is 4.57 Å². The molecule has 5 aromatic rings. The third kappa shape index (κ3) is 4.13. The lowest BCUT2D eigenvalue weighted by Gasteiger charge is -2.40. The van der Waals surface area contributed by atoms with Gasteiger partial charge in [0.2, 0.25) is 0 Å². The number of nitrogens with zero attached hydrogens (tertiary/aromatic N) is 4. The van der Waals surface area contributed by atoms with Gasteiger partial charge in [0.15, 0.2) is 0 Å². The number of rotatable bonds is 3. The normalized spacial score (nSPS) is 21.6. The van der Waals surface area contributed by atoms with Crippen LogP contribution in [0.25, 0.3) is 39.8 Å². The molecule has 0 fully saturated rings. The fraction of sp³-hybridized carbons (Fsp3) is 0.143. The van der Waals surface area contributed by atoms with Crippen molar-refractivity contribution in [1.82, 2.24) is 14.4 Å². The second-order valence-corrected chi connectivity index (χ2v) is 12.8. The fourth-order valence-electron chi connectivity index (χ4n) is 7.81. The van der Waals surface area contributed by atoms with Gasteiger partial charge in [-0.25, -0.2) is 0 Å². The number of hydrogen-bond donors (Lipinski definition) is 0. The molecule has 3 atom stereocenters. The van der Waals surface area contributed by atoms with Gasteiger partial charge in [0.25, 0.3) is 0 Å². The number of allylic oxidation sites excluding steroid dienone is 7. The van der Waals surface area contributed by atoms with E-state index in [0.29, 0.717) is 11.8 Å². The molecule has 0 radical (unpaired) electrons. The molecule has 46 heavy (non-hydrogen) atoms. The molecule has 0 saturated carbocycles. The Kier molecular flexibility index (Phi) is 6.17. The number of para-hydroxylation sites is 2. The molecule has 4 aliphatic rings. The van der Waals surface area contributed by atoms with Gasteiger partial charge in [-0.15, -0.1) is 0 Å². The maximum Gasteiger partial charge on any atom is 0.130 e. The van der Waals surface area contributed by atoms with Crippen molar-refractivity contribution < 1.29 is 0 Å². The number of anilines is 2. The maximum atomic E-state index is 2.50. The Labute approximate surface area is 270 Å². The second-order valence-electron chi connectivity index (χ2n) is 12.8. The van der Waals surface area contributed by atoms with Crippen LogP contribution in [0.3, 0.4) is 0 Å². The molecule has 224 valence electrons. The van der Waals surface area contributed by atoms with Crippen LogP contribution in [0.5, 0.6) is 0 Å². The van der Waals surface area contributed by atoms with E-state index in [9.17, 15) is 0 Å². The summed E-state index contributed by atoms with van der Waals surface area (Å²) in [7, 11) is 4.44. The molecular formula is C42H36N4. The third-order valence-electron chi connectivity index (χ3n) is 10.1. The summed E-state index contributed by atoms with van der Waals surface area (Å²) in [5, 5.41) is 2.52. The van der Waals surface area contributed by atoms with Crippen molar-refractivity contribution in [3.63, 3.8) is 0 Å². The Bertz CT molecular complexity index is 2190. The summed E-state index contributed by atoms with van der Waals surface area (Å²) in [4.78, 5) is 7.28. The molecule has 2 aliphatic carbocycles. The van der Waals surface area contributed by atoms with E-state index in [2.05, 4.69) is 185 Å². The summed E-state index contributed by atoms with van der Waals surface area (Å²) in [5.41, 5.74) is 9.79. The van der Waals surface area contributed by atoms with Crippen LogP contribution in [0, 0.1) is 11.8 Å². The van der Waals surface area contributed by atoms with E-state index in [1.807, 2.05) is 0 Å². The van der Waals surface area contributed by atoms with Gasteiger partial charge < -0.3 is 14.7 Å². The molecule has 0 N–H and O–H groups in total. The molecule has 3 unspecified atom stereocenters. The first kappa shape index (κ1) is 26.9. The zero-order valence-electron chi connectivity index (χ0n) is 26.2. The van der Waals surface area contributed by atoms with Crippen molar-refractivity contribution in [2.75, 3.05) is 25.5 Å². The zero-order valence-corrected chi connectivity index (χ0v) is 26.2. The van der Waals surface area contributed by atoms with Crippen LogP contribution in [-0.2, 0) is 0 Å². The summed E-state index contributed by atoms with van der Waals surface area (Å²) in [6.45, 7) is 0.925. The predicted octanol–water partition coefficient (Wildman–Crippen LogP) is 9.60. The van der Waals surface area contributed by atoms with Gasteiger partial charge in [0, 0.05) is 60.7 Å². The molecule has 0 amide bonds. The average Bonchev–Trinajstić information content (AvgIpc) is 3.33. The summed E-state index contributed by atoms with van der Waals surface area (Å²) in [6, 6.07) is 33.4. The molecule has 9 rings (SSSR count). The number of hydrogen-bond acceptors (Lipinski definition) is 3. The monoisotopic (exact) mass is 596 g/mol. The Morgan fingerprint density at radius 2 is 1.43 bits per heavy atom. The second kappa shape index (κ2) is 10.6. The van der Waals surface area contributed by atoms with Crippen LogP contribution in [0.1, 0.15) is 22.7 Å². The number of fused-ring (bicyclic) bond motifs is 7. The highest BCUT2D eigenvalue weighted by Gasteiger charge is 2.31.